The number of hydrogen-bond acceptors (Lipinski definition) is 9. The van der Waals surface area contributed by atoms with Gasteiger partial charge in [0, 0.05) is 0 Å². The van der Waals surface area contributed by atoms with E-state index in [1.807, 2.05) is 74.5 Å². The topological polar surface area (TPSA) is 114 Å². The molecule has 10 heteroatoms. The smallest absolute Gasteiger partial charge is 0.308 e. The average molecular weight is 524 g/mol. The maximum Gasteiger partial charge on any atom is 0.308 e. The number of carbonyl (C=O) groups excluding carboxylic acids is 1. The number of hydrogen-bond donors (Lipinski definition) is 1. The van der Waals surface area contributed by atoms with Crippen LogP contribution in [0.15, 0.2) is 66.9 Å². The van der Waals surface area contributed by atoms with E-state index in [2.05, 4.69) is 10.3 Å². The summed E-state index contributed by atoms with van der Waals surface area (Å²) in [6, 6.07) is 18.3. The molecular formula is C28H33N3O7. The monoisotopic (exact) mass is 523 g/mol. The summed E-state index contributed by atoms with van der Waals surface area (Å²) in [7, 11) is 0. The van der Waals surface area contributed by atoms with Crippen molar-refractivity contribution >= 4 is 5.97 Å². The van der Waals surface area contributed by atoms with Gasteiger partial charge in [-0.05, 0) is 31.9 Å². The minimum Gasteiger partial charge on any atom is -0.466 e. The number of benzene rings is 2. The van der Waals surface area contributed by atoms with Crippen LogP contribution in [0.2, 0.25) is 0 Å². The zero-order valence-corrected chi connectivity index (χ0v) is 21.7. The van der Waals surface area contributed by atoms with Gasteiger partial charge < -0.3 is 28.8 Å². The second-order valence-electron chi connectivity index (χ2n) is 9.84. The van der Waals surface area contributed by atoms with E-state index in [-0.39, 0.29) is 13.0 Å². The van der Waals surface area contributed by atoms with Crippen LogP contribution < -0.4 is 0 Å². The van der Waals surface area contributed by atoms with Crippen LogP contribution >= 0.6 is 0 Å². The minimum atomic E-state index is -0.977. The Hall–Kier alpha value is -3.15. The zero-order chi connectivity index (χ0) is 26.7. The second-order valence-corrected chi connectivity index (χ2v) is 9.84. The fourth-order valence-electron chi connectivity index (χ4n) is 4.91. The van der Waals surface area contributed by atoms with E-state index < -0.39 is 48.5 Å². The molecule has 1 aromatic heterocycles. The highest BCUT2D eigenvalue weighted by molar-refractivity contribution is 5.70. The number of esters is 1. The van der Waals surface area contributed by atoms with Gasteiger partial charge in [-0.2, -0.15) is 0 Å². The summed E-state index contributed by atoms with van der Waals surface area (Å²) in [5.74, 6) is -1.26. The molecule has 2 aliphatic heterocycles. The molecule has 202 valence electrons. The quantitative estimate of drug-likeness (QED) is 0.400. The molecular weight excluding hydrogens is 490 g/mol. The van der Waals surface area contributed by atoms with Crippen LogP contribution in [0, 0.1) is 0 Å². The molecule has 3 heterocycles. The van der Waals surface area contributed by atoms with Gasteiger partial charge in [0.2, 0.25) is 0 Å². The average Bonchev–Trinajstić information content (AvgIpc) is 3.60. The van der Waals surface area contributed by atoms with Gasteiger partial charge in [0.25, 0.3) is 0 Å². The molecule has 0 radical (unpaired) electrons. The van der Waals surface area contributed by atoms with E-state index in [9.17, 15) is 9.90 Å². The van der Waals surface area contributed by atoms with Crippen molar-refractivity contribution < 1.29 is 33.6 Å². The fourth-order valence-corrected chi connectivity index (χ4v) is 4.91. The highest BCUT2D eigenvalue weighted by Gasteiger charge is 2.58. The molecule has 6 atom stereocenters. The van der Waals surface area contributed by atoms with Gasteiger partial charge in [-0.1, -0.05) is 65.9 Å². The van der Waals surface area contributed by atoms with Gasteiger partial charge in [0.15, 0.2) is 12.1 Å². The van der Waals surface area contributed by atoms with Gasteiger partial charge in [-0.3, -0.25) is 4.79 Å². The predicted octanol–water partition coefficient (Wildman–Crippen LogP) is 3.32. The number of nitrogens with zero attached hydrogens (tertiary/aromatic N) is 3. The third-order valence-corrected chi connectivity index (χ3v) is 6.64. The molecule has 2 saturated heterocycles. The van der Waals surface area contributed by atoms with E-state index in [0.717, 1.165) is 5.56 Å². The fraction of sp³-hybridized carbons (Fsp3) is 0.464. The Morgan fingerprint density at radius 1 is 1.11 bits per heavy atom. The number of rotatable bonds is 10. The third-order valence-electron chi connectivity index (χ3n) is 6.64. The van der Waals surface area contributed by atoms with E-state index in [0.29, 0.717) is 17.9 Å². The normalized spacial score (nSPS) is 25.6. The standard InChI is InChI=1S/C28H33N3O7/c1-4-34-22(32)15-21(31-16-20(29-30-31)23(33)19-13-9-6-10-14-19)24-25(35-17-18-11-7-5-8-12-18)26-27(36-24)38-28(2,3)37-26/h5-14,16,21,23-27,33H,4,15,17H2,1-3H3/t21?,23?,24?,25-,26+,27+/m0/s1. The Kier molecular flexibility index (Phi) is 7.87. The maximum absolute atomic E-state index is 12.7. The summed E-state index contributed by atoms with van der Waals surface area (Å²) in [6.45, 7) is 5.96. The molecule has 2 aliphatic rings. The maximum atomic E-state index is 12.7. The van der Waals surface area contributed by atoms with Gasteiger partial charge in [0.1, 0.15) is 30.1 Å². The van der Waals surface area contributed by atoms with Crippen LogP contribution in [0.4, 0.5) is 0 Å². The van der Waals surface area contributed by atoms with E-state index in [1.165, 1.54) is 4.68 Å². The van der Waals surface area contributed by atoms with Crippen LogP contribution in [0.25, 0.3) is 0 Å². The van der Waals surface area contributed by atoms with Gasteiger partial charge in [-0.25, -0.2) is 4.68 Å². The number of aliphatic hydroxyl groups is 1. The lowest BCUT2D eigenvalue weighted by molar-refractivity contribution is -0.225. The second kappa shape index (κ2) is 11.3. The summed E-state index contributed by atoms with van der Waals surface area (Å²) >= 11 is 0. The van der Waals surface area contributed by atoms with Gasteiger partial charge in [-0.15, -0.1) is 5.10 Å². The van der Waals surface area contributed by atoms with Crippen molar-refractivity contribution in [2.45, 2.75) is 76.3 Å². The van der Waals surface area contributed by atoms with Crippen LogP contribution in [0.3, 0.4) is 0 Å². The molecule has 2 aromatic carbocycles. The van der Waals surface area contributed by atoms with Gasteiger partial charge in [0.05, 0.1) is 31.9 Å². The highest BCUT2D eigenvalue weighted by atomic mass is 16.8. The molecule has 0 saturated carbocycles. The SMILES string of the molecule is CCOC(=O)CC(C1O[C@@H]2OC(C)(C)O[C@@H]2[C@H]1OCc1ccccc1)n1cc(C(O)c2ccccc2)nn1. The van der Waals surface area contributed by atoms with Crippen LogP contribution in [0.1, 0.15) is 56.2 Å². The first kappa shape index (κ1) is 26.5. The molecule has 3 aromatic rings. The predicted molar refractivity (Wildman–Crippen MR) is 135 cm³/mol. The Morgan fingerprint density at radius 2 is 1.82 bits per heavy atom. The first-order chi connectivity index (χ1) is 18.3. The number of ether oxygens (including phenoxy) is 5. The molecule has 1 N–H and O–H groups in total. The summed E-state index contributed by atoms with van der Waals surface area (Å²) in [4.78, 5) is 12.7. The molecule has 0 bridgehead atoms. The lowest BCUT2D eigenvalue weighted by Gasteiger charge is -2.30. The number of aliphatic hydroxyl groups excluding tert-OH is 1. The molecule has 0 amide bonds. The Labute approximate surface area is 221 Å². The van der Waals surface area contributed by atoms with Crippen molar-refractivity contribution in [1.82, 2.24) is 15.0 Å². The van der Waals surface area contributed by atoms with Crippen molar-refractivity contribution in [2.75, 3.05) is 6.61 Å². The van der Waals surface area contributed by atoms with Crippen LogP contribution in [0.5, 0.6) is 0 Å². The van der Waals surface area contributed by atoms with E-state index >= 15 is 0 Å². The number of carbonyl (C=O) groups is 1. The minimum absolute atomic E-state index is 0.0449. The Bertz CT molecular complexity index is 1200. The van der Waals surface area contributed by atoms with Crippen molar-refractivity contribution in [3.63, 3.8) is 0 Å². The van der Waals surface area contributed by atoms with Crippen molar-refractivity contribution in [3.8, 4) is 0 Å². The number of fused-ring (bicyclic) bond motifs is 1. The summed E-state index contributed by atoms with van der Waals surface area (Å²) in [6.07, 6.45) is -1.84. The van der Waals surface area contributed by atoms with Crippen LogP contribution in [-0.2, 0) is 35.1 Å². The third kappa shape index (κ3) is 5.79. The molecule has 38 heavy (non-hydrogen) atoms. The van der Waals surface area contributed by atoms with Crippen molar-refractivity contribution in [3.05, 3.63) is 83.7 Å². The first-order valence-corrected chi connectivity index (χ1v) is 12.8. The van der Waals surface area contributed by atoms with Gasteiger partial charge >= 0.3 is 5.97 Å². The van der Waals surface area contributed by atoms with Crippen LogP contribution in [-0.4, -0.2) is 63.1 Å². The Morgan fingerprint density at radius 3 is 2.53 bits per heavy atom. The molecule has 0 aliphatic carbocycles. The number of aromatic nitrogens is 3. The lowest BCUT2D eigenvalue weighted by atomic mass is 10.00. The molecule has 0 spiro atoms. The lowest BCUT2D eigenvalue weighted by Crippen LogP contribution is -2.42. The van der Waals surface area contributed by atoms with E-state index in [4.69, 9.17) is 23.7 Å². The van der Waals surface area contributed by atoms with Crippen molar-refractivity contribution in [1.29, 1.82) is 0 Å². The Balaban J connectivity index is 1.44. The van der Waals surface area contributed by atoms with Crippen molar-refractivity contribution in [2.24, 2.45) is 0 Å². The molecule has 5 rings (SSSR count). The summed E-state index contributed by atoms with van der Waals surface area (Å²) in [5.41, 5.74) is 2.02. The highest BCUT2D eigenvalue weighted by Crippen LogP contribution is 2.43. The summed E-state index contributed by atoms with van der Waals surface area (Å²) < 4.78 is 31.7. The summed E-state index contributed by atoms with van der Waals surface area (Å²) in [5, 5.41) is 19.3. The molecule has 3 unspecified atom stereocenters. The van der Waals surface area contributed by atoms with E-state index in [1.54, 1.807) is 13.1 Å². The molecule has 10 nitrogen and oxygen atoms in total. The first-order valence-electron chi connectivity index (χ1n) is 12.8. The zero-order valence-electron chi connectivity index (χ0n) is 21.7. The molecule has 2 fully saturated rings. The largest absolute Gasteiger partial charge is 0.466 e.